The molecule has 0 saturated carbocycles. The molecule has 1 aliphatic heterocycles. The van der Waals surface area contributed by atoms with Crippen LogP contribution in [-0.2, 0) is 11.2 Å². The van der Waals surface area contributed by atoms with Crippen molar-refractivity contribution in [3.8, 4) is 5.75 Å². The Labute approximate surface area is 114 Å². The zero-order chi connectivity index (χ0) is 14.0. The average molecular weight is 262 g/mol. The molecule has 0 aliphatic carbocycles. The fourth-order valence-corrected chi connectivity index (χ4v) is 2.57. The molecule has 1 atom stereocenters. The van der Waals surface area contributed by atoms with Gasteiger partial charge in [-0.3, -0.25) is 4.79 Å². The van der Waals surface area contributed by atoms with Crippen LogP contribution >= 0.6 is 0 Å². The number of ether oxygens (including phenoxy) is 1. The first-order valence-electron chi connectivity index (χ1n) is 6.93. The fraction of sp³-hybridized carbons (Fsp3) is 0.562. The predicted octanol–water partition coefficient (Wildman–Crippen LogP) is 3.19. The highest BCUT2D eigenvalue weighted by atomic mass is 16.5. The zero-order valence-corrected chi connectivity index (χ0v) is 11.9. The number of fused-ring (bicyclic) bond motifs is 1. The molecule has 0 amide bonds. The van der Waals surface area contributed by atoms with Gasteiger partial charge in [-0.25, -0.2) is 0 Å². The number of rotatable bonds is 4. The second-order valence-corrected chi connectivity index (χ2v) is 5.92. The van der Waals surface area contributed by atoms with Crippen LogP contribution in [0.5, 0.6) is 5.75 Å². The number of aliphatic hydroxyl groups is 1. The summed E-state index contributed by atoms with van der Waals surface area (Å²) >= 11 is 0. The minimum absolute atomic E-state index is 0.244. The van der Waals surface area contributed by atoms with Crippen molar-refractivity contribution in [3.05, 3.63) is 29.3 Å². The number of carbonyl (C=O) groups excluding carboxylic acids is 1. The molecule has 3 heteroatoms. The smallest absolute Gasteiger partial charge is 0.137 e. The molecule has 0 radical (unpaired) electrons. The van der Waals surface area contributed by atoms with Gasteiger partial charge in [-0.2, -0.15) is 0 Å². The van der Waals surface area contributed by atoms with Gasteiger partial charge in [-0.15, -0.1) is 0 Å². The van der Waals surface area contributed by atoms with Crippen molar-refractivity contribution in [1.29, 1.82) is 0 Å². The standard InChI is InChI=1S/C16H22O3/c1-4-5-12(17)8-11-6-7-15-13(9-11)14(18)10-16(2,3)19-15/h6-7,9,14,18H,4-5,8,10H2,1-3H3. The summed E-state index contributed by atoms with van der Waals surface area (Å²) in [6, 6.07) is 5.69. The highest BCUT2D eigenvalue weighted by Gasteiger charge is 2.32. The number of hydrogen-bond donors (Lipinski definition) is 1. The van der Waals surface area contributed by atoms with Gasteiger partial charge in [0.2, 0.25) is 0 Å². The van der Waals surface area contributed by atoms with Crippen LogP contribution in [0, 0.1) is 0 Å². The van der Waals surface area contributed by atoms with E-state index in [0.717, 1.165) is 23.3 Å². The summed E-state index contributed by atoms with van der Waals surface area (Å²) in [7, 11) is 0. The number of Topliss-reactive ketones (excluding diaryl/α,β-unsaturated/α-hetero) is 1. The Morgan fingerprint density at radius 1 is 1.47 bits per heavy atom. The number of benzene rings is 1. The van der Waals surface area contributed by atoms with E-state index in [-0.39, 0.29) is 11.4 Å². The lowest BCUT2D eigenvalue weighted by Gasteiger charge is -2.35. The first-order chi connectivity index (χ1) is 8.91. The number of carbonyl (C=O) groups is 1. The largest absolute Gasteiger partial charge is 0.487 e. The van der Waals surface area contributed by atoms with Crippen LogP contribution in [0.1, 0.15) is 57.3 Å². The Balaban J connectivity index is 2.20. The van der Waals surface area contributed by atoms with Gasteiger partial charge in [0.1, 0.15) is 17.1 Å². The van der Waals surface area contributed by atoms with E-state index in [9.17, 15) is 9.90 Å². The Morgan fingerprint density at radius 3 is 2.89 bits per heavy atom. The molecule has 0 spiro atoms. The number of aliphatic hydroxyl groups excluding tert-OH is 1. The molecule has 104 valence electrons. The quantitative estimate of drug-likeness (QED) is 0.906. The van der Waals surface area contributed by atoms with E-state index in [1.807, 2.05) is 39.0 Å². The van der Waals surface area contributed by atoms with Crippen molar-refractivity contribution in [1.82, 2.24) is 0 Å². The van der Waals surface area contributed by atoms with Crippen molar-refractivity contribution in [2.75, 3.05) is 0 Å². The Kier molecular flexibility index (Phi) is 3.95. The average Bonchev–Trinajstić information content (AvgIpc) is 2.29. The molecule has 0 aromatic heterocycles. The predicted molar refractivity (Wildman–Crippen MR) is 74.3 cm³/mol. The Morgan fingerprint density at radius 2 is 2.21 bits per heavy atom. The molecule has 1 heterocycles. The maximum Gasteiger partial charge on any atom is 0.137 e. The van der Waals surface area contributed by atoms with Crippen molar-refractivity contribution in [3.63, 3.8) is 0 Å². The zero-order valence-electron chi connectivity index (χ0n) is 11.9. The molecule has 2 rings (SSSR count). The van der Waals surface area contributed by atoms with Gasteiger partial charge in [0, 0.05) is 24.8 Å². The fourth-order valence-electron chi connectivity index (χ4n) is 2.57. The third-order valence-corrected chi connectivity index (χ3v) is 3.43. The van der Waals surface area contributed by atoms with Gasteiger partial charge in [0.15, 0.2) is 0 Å². The first kappa shape index (κ1) is 14.1. The van der Waals surface area contributed by atoms with Crippen LogP contribution in [-0.4, -0.2) is 16.5 Å². The Hall–Kier alpha value is -1.35. The molecule has 3 nitrogen and oxygen atoms in total. The molecule has 1 aliphatic rings. The normalized spacial score (nSPS) is 20.5. The minimum atomic E-state index is -0.514. The summed E-state index contributed by atoms with van der Waals surface area (Å²) in [4.78, 5) is 11.7. The summed E-state index contributed by atoms with van der Waals surface area (Å²) in [6.07, 6.45) is 2.00. The van der Waals surface area contributed by atoms with Crippen molar-refractivity contribution in [2.24, 2.45) is 0 Å². The van der Waals surface area contributed by atoms with Gasteiger partial charge < -0.3 is 9.84 Å². The second kappa shape index (κ2) is 5.33. The molecule has 1 N–H and O–H groups in total. The highest BCUT2D eigenvalue weighted by Crippen LogP contribution is 2.39. The summed E-state index contributed by atoms with van der Waals surface area (Å²) in [5.41, 5.74) is 1.42. The van der Waals surface area contributed by atoms with E-state index in [4.69, 9.17) is 4.74 Å². The van der Waals surface area contributed by atoms with Crippen molar-refractivity contribution < 1.29 is 14.6 Å². The molecule has 0 bridgehead atoms. The molecule has 0 saturated heterocycles. The Bertz CT molecular complexity index is 477. The van der Waals surface area contributed by atoms with E-state index in [1.165, 1.54) is 0 Å². The molecule has 1 aromatic carbocycles. The van der Waals surface area contributed by atoms with E-state index in [1.54, 1.807) is 0 Å². The van der Waals surface area contributed by atoms with Crippen LogP contribution in [0.25, 0.3) is 0 Å². The van der Waals surface area contributed by atoms with Crippen molar-refractivity contribution >= 4 is 5.78 Å². The molecular formula is C16H22O3. The monoisotopic (exact) mass is 262 g/mol. The van der Waals surface area contributed by atoms with E-state index in [2.05, 4.69) is 0 Å². The van der Waals surface area contributed by atoms with E-state index >= 15 is 0 Å². The van der Waals surface area contributed by atoms with Crippen LogP contribution in [0.3, 0.4) is 0 Å². The summed E-state index contributed by atoms with van der Waals surface area (Å²) in [6.45, 7) is 5.94. The lowest BCUT2D eigenvalue weighted by molar-refractivity contribution is -0.118. The van der Waals surface area contributed by atoms with Gasteiger partial charge in [0.25, 0.3) is 0 Å². The summed E-state index contributed by atoms with van der Waals surface area (Å²) in [5.74, 6) is 0.976. The SMILES string of the molecule is CCCC(=O)Cc1ccc2c(c1)C(O)CC(C)(C)O2. The third-order valence-electron chi connectivity index (χ3n) is 3.43. The van der Waals surface area contributed by atoms with Crippen LogP contribution < -0.4 is 4.74 Å². The van der Waals surface area contributed by atoms with E-state index < -0.39 is 6.10 Å². The lowest BCUT2D eigenvalue weighted by atomic mass is 9.90. The van der Waals surface area contributed by atoms with Gasteiger partial charge in [0.05, 0.1) is 6.10 Å². The van der Waals surface area contributed by atoms with Crippen molar-refractivity contribution in [2.45, 2.75) is 58.2 Å². The van der Waals surface area contributed by atoms with E-state index in [0.29, 0.717) is 19.3 Å². The maximum absolute atomic E-state index is 11.7. The van der Waals surface area contributed by atoms with Gasteiger partial charge >= 0.3 is 0 Å². The molecule has 0 fully saturated rings. The molecule has 1 aromatic rings. The topological polar surface area (TPSA) is 46.5 Å². The van der Waals surface area contributed by atoms with Crippen LogP contribution in [0.15, 0.2) is 18.2 Å². The second-order valence-electron chi connectivity index (χ2n) is 5.92. The summed E-state index contributed by atoms with van der Waals surface area (Å²) in [5, 5.41) is 10.2. The number of ketones is 1. The van der Waals surface area contributed by atoms with Gasteiger partial charge in [-0.05, 0) is 38.0 Å². The lowest BCUT2D eigenvalue weighted by Crippen LogP contribution is -2.34. The third kappa shape index (κ3) is 3.35. The molecule has 19 heavy (non-hydrogen) atoms. The van der Waals surface area contributed by atoms with Gasteiger partial charge in [-0.1, -0.05) is 13.0 Å². The molecular weight excluding hydrogens is 240 g/mol. The van der Waals surface area contributed by atoms with Crippen LogP contribution in [0.4, 0.5) is 0 Å². The van der Waals surface area contributed by atoms with Crippen LogP contribution in [0.2, 0.25) is 0 Å². The molecule has 1 unspecified atom stereocenters. The minimum Gasteiger partial charge on any atom is -0.487 e. The highest BCUT2D eigenvalue weighted by molar-refractivity contribution is 5.80. The first-order valence-corrected chi connectivity index (χ1v) is 6.93. The summed E-state index contributed by atoms with van der Waals surface area (Å²) < 4.78 is 5.85. The number of hydrogen-bond acceptors (Lipinski definition) is 3. The maximum atomic E-state index is 11.7.